The van der Waals surface area contributed by atoms with Crippen molar-refractivity contribution in [3.63, 3.8) is 0 Å². The lowest BCUT2D eigenvalue weighted by molar-refractivity contribution is -0.136. The van der Waals surface area contributed by atoms with Crippen molar-refractivity contribution in [2.75, 3.05) is 0 Å². The Hall–Kier alpha value is -1.92. The number of carbonyl (C=O) groups excluding carboxylic acids is 1. The van der Waals surface area contributed by atoms with Crippen LogP contribution < -0.4 is 5.32 Å². The molecule has 2 N–H and O–H groups in total. The molecule has 7 heteroatoms. The lowest BCUT2D eigenvalue weighted by Crippen LogP contribution is -2.37. The number of aromatic nitrogens is 3. The summed E-state index contributed by atoms with van der Waals surface area (Å²) in [6, 6.07) is -0.406. The van der Waals surface area contributed by atoms with Crippen LogP contribution in [0.1, 0.15) is 38.9 Å². The van der Waals surface area contributed by atoms with Crippen molar-refractivity contribution < 1.29 is 14.7 Å². The Balaban J connectivity index is 2.66. The Kier molecular flexibility index (Phi) is 4.82. The summed E-state index contributed by atoms with van der Waals surface area (Å²) < 4.78 is 1.37. The molecule has 7 nitrogen and oxygen atoms in total. The number of aliphatic carboxylic acids is 1. The molecule has 2 unspecified atom stereocenters. The molecule has 0 aliphatic rings. The van der Waals surface area contributed by atoms with Crippen LogP contribution in [0, 0.1) is 0 Å². The van der Waals surface area contributed by atoms with Crippen molar-refractivity contribution in [3.05, 3.63) is 11.9 Å². The highest BCUT2D eigenvalue weighted by Crippen LogP contribution is 2.06. The summed E-state index contributed by atoms with van der Waals surface area (Å²) in [6.07, 6.45) is 2.13. The molecule has 0 radical (unpaired) electrons. The number of carboxylic acid groups (broad SMARTS) is 1. The molecule has 1 rings (SSSR count). The number of hydrogen-bond acceptors (Lipinski definition) is 4. The van der Waals surface area contributed by atoms with Gasteiger partial charge in [0.05, 0.1) is 12.1 Å². The van der Waals surface area contributed by atoms with E-state index < -0.39 is 12.0 Å². The van der Waals surface area contributed by atoms with Crippen molar-refractivity contribution >= 4 is 11.9 Å². The first kappa shape index (κ1) is 14.1. The molecule has 0 saturated carbocycles. The number of hydrogen-bond donors (Lipinski definition) is 2. The Morgan fingerprint density at radius 3 is 2.72 bits per heavy atom. The molecule has 0 spiro atoms. The lowest BCUT2D eigenvalue weighted by Gasteiger charge is -2.15. The Morgan fingerprint density at radius 1 is 1.50 bits per heavy atom. The van der Waals surface area contributed by atoms with Gasteiger partial charge in [-0.3, -0.25) is 9.59 Å². The minimum Gasteiger partial charge on any atom is -0.481 e. The van der Waals surface area contributed by atoms with Crippen LogP contribution in [0.4, 0.5) is 0 Å². The molecular formula is C11H18N4O3. The minimum absolute atomic E-state index is 0.0990. The number of carboxylic acids is 1. The van der Waals surface area contributed by atoms with E-state index in [1.165, 1.54) is 10.9 Å². The van der Waals surface area contributed by atoms with Gasteiger partial charge < -0.3 is 10.4 Å². The molecule has 1 amide bonds. The molecule has 0 aromatic carbocycles. The first-order valence-corrected chi connectivity index (χ1v) is 5.87. The summed E-state index contributed by atoms with van der Waals surface area (Å²) in [6.45, 7) is 5.59. The topological polar surface area (TPSA) is 97.1 Å². The predicted octanol–water partition coefficient (Wildman–Crippen LogP) is 0.381. The summed E-state index contributed by atoms with van der Waals surface area (Å²) in [7, 11) is 0. The van der Waals surface area contributed by atoms with E-state index in [0.29, 0.717) is 5.69 Å². The number of rotatable bonds is 6. The normalized spacial score (nSPS) is 13.9. The number of nitrogens with zero attached hydrogens (tertiary/aromatic N) is 3. The summed E-state index contributed by atoms with van der Waals surface area (Å²) in [4.78, 5) is 22.3. The van der Waals surface area contributed by atoms with Crippen LogP contribution in [0.15, 0.2) is 6.20 Å². The smallest absolute Gasteiger partial charge is 0.309 e. The summed E-state index contributed by atoms with van der Waals surface area (Å²) >= 11 is 0. The van der Waals surface area contributed by atoms with Gasteiger partial charge in [0.15, 0.2) is 0 Å². The third-order valence-electron chi connectivity index (χ3n) is 2.67. The highest BCUT2D eigenvalue weighted by molar-refractivity contribution is 5.80. The van der Waals surface area contributed by atoms with Gasteiger partial charge in [-0.25, -0.2) is 4.68 Å². The molecule has 18 heavy (non-hydrogen) atoms. The second-order valence-electron chi connectivity index (χ2n) is 4.25. The third kappa shape index (κ3) is 3.83. The quantitative estimate of drug-likeness (QED) is 0.765. The maximum atomic E-state index is 11.8. The second kappa shape index (κ2) is 6.13. The van der Waals surface area contributed by atoms with Gasteiger partial charge in [-0.1, -0.05) is 12.1 Å². The second-order valence-corrected chi connectivity index (χ2v) is 4.25. The van der Waals surface area contributed by atoms with Gasteiger partial charge in [0.1, 0.15) is 6.04 Å². The largest absolute Gasteiger partial charge is 0.481 e. The fraction of sp³-hybridized carbons (Fsp3) is 0.636. The minimum atomic E-state index is -0.973. The van der Waals surface area contributed by atoms with E-state index >= 15 is 0 Å². The van der Waals surface area contributed by atoms with E-state index in [-0.39, 0.29) is 18.4 Å². The molecule has 0 saturated heterocycles. The van der Waals surface area contributed by atoms with E-state index in [2.05, 4.69) is 15.6 Å². The molecule has 100 valence electrons. The molecule has 1 heterocycles. The van der Waals surface area contributed by atoms with Crippen molar-refractivity contribution in [3.8, 4) is 0 Å². The van der Waals surface area contributed by atoms with Gasteiger partial charge in [-0.2, -0.15) is 0 Å². The number of nitrogens with one attached hydrogen (secondary N) is 1. The van der Waals surface area contributed by atoms with Gasteiger partial charge in [-0.15, -0.1) is 5.10 Å². The maximum Gasteiger partial charge on any atom is 0.309 e. The van der Waals surface area contributed by atoms with E-state index in [1.54, 1.807) is 6.92 Å². The molecule has 1 aromatic heterocycles. The van der Waals surface area contributed by atoms with Crippen molar-refractivity contribution in [1.82, 2.24) is 20.3 Å². The Morgan fingerprint density at radius 2 is 2.17 bits per heavy atom. The average molecular weight is 254 g/mol. The van der Waals surface area contributed by atoms with Crippen molar-refractivity contribution in [1.29, 1.82) is 0 Å². The van der Waals surface area contributed by atoms with E-state index in [9.17, 15) is 9.59 Å². The van der Waals surface area contributed by atoms with Crippen molar-refractivity contribution in [2.24, 2.45) is 0 Å². The fourth-order valence-corrected chi connectivity index (χ4v) is 1.32. The third-order valence-corrected chi connectivity index (χ3v) is 2.67. The SMILES string of the molecule is CCC(C)NC(=O)C(C)n1cc(CC(=O)O)nn1. The van der Waals surface area contributed by atoms with Crippen LogP contribution in [-0.2, 0) is 16.0 Å². The predicted molar refractivity (Wildman–Crippen MR) is 64.0 cm³/mol. The average Bonchev–Trinajstić information content (AvgIpc) is 2.75. The Bertz CT molecular complexity index is 430. The molecule has 0 aliphatic heterocycles. The van der Waals surface area contributed by atoms with Crippen LogP contribution >= 0.6 is 0 Å². The van der Waals surface area contributed by atoms with Gasteiger partial charge in [-0.05, 0) is 20.3 Å². The lowest BCUT2D eigenvalue weighted by atomic mass is 10.2. The highest BCUT2D eigenvalue weighted by Gasteiger charge is 2.18. The van der Waals surface area contributed by atoms with Gasteiger partial charge >= 0.3 is 5.97 Å². The van der Waals surface area contributed by atoms with Crippen LogP contribution in [0.5, 0.6) is 0 Å². The molecule has 0 bridgehead atoms. The van der Waals surface area contributed by atoms with Crippen LogP contribution in [0.3, 0.4) is 0 Å². The Labute approximate surface area is 105 Å². The number of amides is 1. The summed E-state index contributed by atoms with van der Waals surface area (Å²) in [5.41, 5.74) is 0.339. The van der Waals surface area contributed by atoms with Crippen molar-refractivity contribution in [2.45, 2.75) is 45.7 Å². The van der Waals surface area contributed by atoms with Crippen LogP contribution in [-0.4, -0.2) is 38.0 Å². The molecule has 0 aliphatic carbocycles. The molecule has 1 aromatic rings. The standard InChI is InChI=1S/C11H18N4O3/c1-4-7(2)12-11(18)8(3)15-6-9(13-14-15)5-10(16)17/h6-8H,4-5H2,1-3H3,(H,12,18)(H,16,17). The summed E-state index contributed by atoms with van der Waals surface area (Å²) in [5.74, 6) is -1.13. The number of carbonyl (C=O) groups is 2. The van der Waals surface area contributed by atoms with E-state index in [1.807, 2.05) is 13.8 Å². The monoisotopic (exact) mass is 254 g/mol. The summed E-state index contributed by atoms with van der Waals surface area (Å²) in [5, 5.41) is 18.9. The van der Waals surface area contributed by atoms with Gasteiger partial charge in [0.25, 0.3) is 0 Å². The zero-order valence-corrected chi connectivity index (χ0v) is 10.8. The molecule has 2 atom stereocenters. The highest BCUT2D eigenvalue weighted by atomic mass is 16.4. The first-order chi connectivity index (χ1) is 8.43. The van der Waals surface area contributed by atoms with Crippen LogP contribution in [0.25, 0.3) is 0 Å². The van der Waals surface area contributed by atoms with E-state index in [4.69, 9.17) is 5.11 Å². The fourth-order valence-electron chi connectivity index (χ4n) is 1.32. The van der Waals surface area contributed by atoms with Gasteiger partial charge in [0, 0.05) is 12.2 Å². The maximum absolute atomic E-state index is 11.8. The molecule has 0 fully saturated rings. The zero-order chi connectivity index (χ0) is 13.7. The first-order valence-electron chi connectivity index (χ1n) is 5.87. The van der Waals surface area contributed by atoms with Gasteiger partial charge in [0.2, 0.25) is 5.91 Å². The van der Waals surface area contributed by atoms with E-state index in [0.717, 1.165) is 6.42 Å². The zero-order valence-electron chi connectivity index (χ0n) is 10.8. The molecular weight excluding hydrogens is 236 g/mol. The van der Waals surface area contributed by atoms with Crippen LogP contribution in [0.2, 0.25) is 0 Å².